The molecule has 0 amide bonds. The van der Waals surface area contributed by atoms with Gasteiger partial charge in [-0.05, 0) is 12.1 Å². The topological polar surface area (TPSA) is 38.9 Å². The van der Waals surface area contributed by atoms with E-state index in [0.717, 1.165) is 5.56 Å². The van der Waals surface area contributed by atoms with Crippen molar-refractivity contribution in [3.8, 4) is 0 Å². The molecule has 0 saturated carbocycles. The zero-order valence-corrected chi connectivity index (χ0v) is 8.20. The highest BCUT2D eigenvalue weighted by molar-refractivity contribution is 5.61. The average Bonchev–Trinajstić information content (AvgIpc) is 2.20. The fourth-order valence-corrected chi connectivity index (χ4v) is 0.743. The van der Waals surface area contributed by atoms with E-state index < -0.39 is 0 Å². The Labute approximate surface area is 79.8 Å². The van der Waals surface area contributed by atoms with Gasteiger partial charge < -0.3 is 5.73 Å². The number of pyridine rings is 1. The molecule has 13 heavy (non-hydrogen) atoms. The Kier molecular flexibility index (Phi) is 6.24. The molecule has 0 radical (unpaired) electrons. The van der Waals surface area contributed by atoms with Gasteiger partial charge in [0.1, 0.15) is 5.82 Å². The summed E-state index contributed by atoms with van der Waals surface area (Å²) in [5.74, 6) is 0.547. The molecule has 0 atom stereocenters. The summed E-state index contributed by atoms with van der Waals surface area (Å²) in [5.41, 5.74) is 6.49. The third-order valence-corrected chi connectivity index (χ3v) is 1.28. The number of nitrogens with two attached hydrogens (primary N) is 1. The molecule has 1 aromatic rings. The van der Waals surface area contributed by atoms with E-state index in [9.17, 15) is 0 Å². The van der Waals surface area contributed by atoms with E-state index in [1.54, 1.807) is 12.3 Å². The maximum absolute atomic E-state index is 5.56. The Morgan fingerprint density at radius 1 is 1.46 bits per heavy atom. The number of anilines is 1. The fourth-order valence-electron chi connectivity index (χ4n) is 0.743. The summed E-state index contributed by atoms with van der Waals surface area (Å²) in [5, 5.41) is 0. The molecule has 0 bridgehead atoms. The zero-order valence-electron chi connectivity index (χ0n) is 8.20. The summed E-state index contributed by atoms with van der Waals surface area (Å²) < 4.78 is 0. The van der Waals surface area contributed by atoms with E-state index in [0.29, 0.717) is 5.82 Å². The summed E-state index contributed by atoms with van der Waals surface area (Å²) in [6.45, 7) is 7.56. The first-order chi connectivity index (χ1) is 6.34. The number of hydrogen-bond acceptors (Lipinski definition) is 2. The van der Waals surface area contributed by atoms with Gasteiger partial charge in [-0.25, -0.2) is 4.98 Å². The molecular weight excluding hydrogens is 160 g/mol. The van der Waals surface area contributed by atoms with Gasteiger partial charge in [-0.3, -0.25) is 0 Å². The molecule has 1 rings (SSSR count). The molecular formula is C11H16N2. The number of nitrogens with zero attached hydrogens (tertiary/aromatic N) is 1. The van der Waals surface area contributed by atoms with Crippen LogP contribution in [0, 0.1) is 0 Å². The third-order valence-electron chi connectivity index (χ3n) is 1.28. The molecule has 0 aliphatic heterocycles. The van der Waals surface area contributed by atoms with E-state index in [1.807, 2.05) is 38.1 Å². The van der Waals surface area contributed by atoms with Crippen LogP contribution in [0.5, 0.6) is 0 Å². The maximum Gasteiger partial charge on any atom is 0.130 e. The highest BCUT2D eigenvalue weighted by atomic mass is 14.8. The van der Waals surface area contributed by atoms with Crippen LogP contribution in [0.1, 0.15) is 19.4 Å². The minimum Gasteiger partial charge on any atom is -0.383 e. The van der Waals surface area contributed by atoms with E-state index in [-0.39, 0.29) is 0 Å². The first-order valence-corrected chi connectivity index (χ1v) is 4.34. The van der Waals surface area contributed by atoms with E-state index >= 15 is 0 Å². The van der Waals surface area contributed by atoms with Gasteiger partial charge in [0, 0.05) is 11.8 Å². The number of aromatic nitrogens is 1. The molecule has 1 aromatic heterocycles. The summed E-state index contributed by atoms with van der Waals surface area (Å²) in [6, 6.07) is 3.75. The molecule has 1 heterocycles. The van der Waals surface area contributed by atoms with Gasteiger partial charge in [-0.2, -0.15) is 0 Å². The largest absolute Gasteiger partial charge is 0.383 e. The monoisotopic (exact) mass is 176 g/mol. The third kappa shape index (κ3) is 4.11. The van der Waals surface area contributed by atoms with Gasteiger partial charge >= 0.3 is 0 Å². The molecule has 0 spiro atoms. The Bertz CT molecular complexity index is 277. The lowest BCUT2D eigenvalue weighted by molar-refractivity contribution is 1.33. The second-order valence-electron chi connectivity index (χ2n) is 2.07. The van der Waals surface area contributed by atoms with Crippen molar-refractivity contribution in [2.75, 3.05) is 5.73 Å². The van der Waals surface area contributed by atoms with Gasteiger partial charge in [0.25, 0.3) is 0 Å². The normalized spacial score (nSPS) is 9.08. The summed E-state index contributed by atoms with van der Waals surface area (Å²) in [7, 11) is 0. The molecule has 0 unspecified atom stereocenters. The van der Waals surface area contributed by atoms with Crippen molar-refractivity contribution < 1.29 is 0 Å². The Morgan fingerprint density at radius 3 is 2.69 bits per heavy atom. The molecule has 0 saturated heterocycles. The van der Waals surface area contributed by atoms with Crippen molar-refractivity contribution in [1.29, 1.82) is 0 Å². The lowest BCUT2D eigenvalue weighted by Gasteiger charge is -1.95. The van der Waals surface area contributed by atoms with Crippen molar-refractivity contribution in [1.82, 2.24) is 4.98 Å². The first kappa shape index (κ1) is 11.4. The first-order valence-electron chi connectivity index (χ1n) is 4.34. The van der Waals surface area contributed by atoms with Crippen molar-refractivity contribution in [3.05, 3.63) is 42.6 Å². The number of hydrogen-bond donors (Lipinski definition) is 1. The predicted molar refractivity (Wildman–Crippen MR) is 59.2 cm³/mol. The summed E-state index contributed by atoms with van der Waals surface area (Å²) >= 11 is 0. The van der Waals surface area contributed by atoms with Crippen LogP contribution < -0.4 is 5.73 Å². The lowest BCUT2D eigenvalue weighted by Crippen LogP contribution is -1.91. The van der Waals surface area contributed by atoms with Crippen LogP contribution in [0.3, 0.4) is 0 Å². The van der Waals surface area contributed by atoms with Crippen LogP contribution in [0.4, 0.5) is 5.82 Å². The zero-order chi connectivity index (χ0) is 10.1. The van der Waals surface area contributed by atoms with Crippen molar-refractivity contribution in [2.45, 2.75) is 13.8 Å². The average molecular weight is 176 g/mol. The predicted octanol–water partition coefficient (Wildman–Crippen LogP) is 2.89. The summed E-state index contributed by atoms with van der Waals surface area (Å²) in [4.78, 5) is 3.92. The van der Waals surface area contributed by atoms with E-state index in [1.165, 1.54) is 0 Å². The van der Waals surface area contributed by atoms with E-state index in [4.69, 9.17) is 5.73 Å². The van der Waals surface area contributed by atoms with Gasteiger partial charge in [0.05, 0.1) is 0 Å². The molecule has 0 fully saturated rings. The van der Waals surface area contributed by atoms with Crippen LogP contribution in [0.25, 0.3) is 6.08 Å². The van der Waals surface area contributed by atoms with Crippen LogP contribution in [0.2, 0.25) is 0 Å². The number of nitrogen functional groups attached to an aromatic ring is 1. The molecule has 0 aliphatic rings. The molecule has 2 heteroatoms. The fraction of sp³-hybridized carbons (Fsp3) is 0.182. The van der Waals surface area contributed by atoms with E-state index in [2.05, 4.69) is 11.6 Å². The summed E-state index contributed by atoms with van der Waals surface area (Å²) in [6.07, 6.45) is 7.07. The van der Waals surface area contributed by atoms with Crippen molar-refractivity contribution in [2.24, 2.45) is 0 Å². The quantitative estimate of drug-likeness (QED) is 0.704. The molecule has 0 aromatic carbocycles. The minimum absolute atomic E-state index is 0.547. The molecule has 70 valence electrons. The van der Waals surface area contributed by atoms with Gasteiger partial charge in [0.15, 0.2) is 0 Å². The molecule has 0 aliphatic carbocycles. The smallest absolute Gasteiger partial charge is 0.130 e. The van der Waals surface area contributed by atoms with Gasteiger partial charge in [-0.15, -0.1) is 0 Å². The van der Waals surface area contributed by atoms with Gasteiger partial charge in [-0.1, -0.05) is 38.7 Å². The van der Waals surface area contributed by atoms with Crippen LogP contribution in [0.15, 0.2) is 37.1 Å². The standard InChI is InChI=1S/C9H10N2.C2H6/c1-2-3-5-8-6-4-7-11-9(8)10;1-2/h2-7H,1H2,(H2,10,11);1-2H3/b5-3-;. The maximum atomic E-state index is 5.56. The Hall–Kier alpha value is -1.57. The number of rotatable bonds is 2. The highest BCUT2D eigenvalue weighted by Gasteiger charge is 1.90. The lowest BCUT2D eigenvalue weighted by atomic mass is 10.2. The van der Waals surface area contributed by atoms with Gasteiger partial charge in [0.2, 0.25) is 0 Å². The second-order valence-corrected chi connectivity index (χ2v) is 2.07. The second kappa shape index (κ2) is 7.10. The van der Waals surface area contributed by atoms with Crippen molar-refractivity contribution >= 4 is 11.9 Å². The SMILES string of the molecule is C=C/C=C\c1cccnc1N.CC. The highest BCUT2D eigenvalue weighted by Crippen LogP contribution is 2.08. The Balaban J connectivity index is 0.000000671. The van der Waals surface area contributed by atoms with Crippen molar-refractivity contribution in [3.63, 3.8) is 0 Å². The Morgan fingerprint density at radius 2 is 2.15 bits per heavy atom. The van der Waals surface area contributed by atoms with Crippen LogP contribution in [-0.4, -0.2) is 4.98 Å². The number of allylic oxidation sites excluding steroid dienone is 2. The van der Waals surface area contributed by atoms with Crippen LogP contribution >= 0.6 is 0 Å². The molecule has 2 N–H and O–H groups in total. The minimum atomic E-state index is 0.547. The van der Waals surface area contributed by atoms with Crippen LogP contribution in [-0.2, 0) is 0 Å². The molecule has 2 nitrogen and oxygen atoms in total.